The topological polar surface area (TPSA) is 0 Å². The van der Waals surface area contributed by atoms with Crippen LogP contribution in [0.2, 0.25) is 0 Å². The van der Waals surface area contributed by atoms with Gasteiger partial charge in [-0.15, -0.1) is 0 Å². The number of rotatable bonds is 0. The quantitative estimate of drug-likeness (QED) is 0.482. The van der Waals surface area contributed by atoms with Crippen molar-refractivity contribution in [3.05, 3.63) is 35.4 Å². The van der Waals surface area contributed by atoms with Crippen molar-refractivity contribution in [3.8, 4) is 0 Å². The van der Waals surface area contributed by atoms with Crippen LogP contribution in [-0.2, 0) is 6.42 Å². The average molecular weight is 299 g/mol. The van der Waals surface area contributed by atoms with Crippen LogP contribution < -0.4 is 0 Å². The standard InChI is InChI=1S/C22H34/c1-2-4-6-8-12-20-13-9-10-14-22(20)21-17-15-19(16-18-21)11-7-5-3-1/h15-18,20,22H,1-14H2. The summed E-state index contributed by atoms with van der Waals surface area (Å²) >= 11 is 0. The lowest BCUT2D eigenvalue weighted by molar-refractivity contribution is 0.282. The van der Waals surface area contributed by atoms with E-state index in [0.717, 1.165) is 11.8 Å². The zero-order chi connectivity index (χ0) is 15.0. The van der Waals surface area contributed by atoms with E-state index in [0.29, 0.717) is 0 Å². The van der Waals surface area contributed by atoms with Gasteiger partial charge in [0.25, 0.3) is 0 Å². The fourth-order valence-corrected chi connectivity index (χ4v) is 4.72. The normalized spacial score (nSPS) is 28.2. The molecule has 3 aliphatic rings. The molecular formula is C22H34. The molecule has 0 heterocycles. The van der Waals surface area contributed by atoms with Crippen LogP contribution >= 0.6 is 0 Å². The minimum absolute atomic E-state index is 0.857. The number of aryl methyl sites for hydroxylation is 1. The first kappa shape index (κ1) is 16.1. The Hall–Kier alpha value is -0.780. The van der Waals surface area contributed by atoms with E-state index in [1.54, 1.807) is 11.1 Å². The maximum Gasteiger partial charge on any atom is -0.0134 e. The first-order valence-electron chi connectivity index (χ1n) is 10.0. The summed E-state index contributed by atoms with van der Waals surface area (Å²) in [5.41, 5.74) is 3.20. The molecule has 0 aliphatic heterocycles. The van der Waals surface area contributed by atoms with Crippen LogP contribution in [0, 0.1) is 5.92 Å². The summed E-state index contributed by atoms with van der Waals surface area (Å²) in [5, 5.41) is 0. The molecule has 0 radical (unpaired) electrons. The summed E-state index contributed by atoms with van der Waals surface area (Å²) in [7, 11) is 0. The Kier molecular flexibility index (Phi) is 6.40. The van der Waals surface area contributed by atoms with E-state index >= 15 is 0 Å². The van der Waals surface area contributed by atoms with E-state index in [9.17, 15) is 0 Å². The van der Waals surface area contributed by atoms with E-state index in [1.165, 1.54) is 89.9 Å². The molecule has 4 rings (SSSR count). The summed E-state index contributed by atoms with van der Waals surface area (Å²) in [6, 6.07) is 9.77. The zero-order valence-electron chi connectivity index (χ0n) is 14.4. The van der Waals surface area contributed by atoms with Gasteiger partial charge < -0.3 is 0 Å². The predicted octanol–water partition coefficient (Wildman–Crippen LogP) is 7.03. The van der Waals surface area contributed by atoms with Crippen molar-refractivity contribution >= 4 is 0 Å². The first-order valence-corrected chi connectivity index (χ1v) is 10.0. The molecule has 0 amide bonds. The minimum Gasteiger partial charge on any atom is -0.0588 e. The van der Waals surface area contributed by atoms with Crippen molar-refractivity contribution in [2.45, 2.75) is 95.8 Å². The third-order valence-electron chi connectivity index (χ3n) is 6.11. The Labute approximate surface area is 137 Å². The Morgan fingerprint density at radius 2 is 1.09 bits per heavy atom. The van der Waals surface area contributed by atoms with Crippen molar-refractivity contribution in [2.24, 2.45) is 5.92 Å². The number of hydrogen-bond donors (Lipinski definition) is 0. The number of hydrogen-bond acceptors (Lipinski definition) is 0. The Morgan fingerprint density at radius 1 is 0.545 bits per heavy atom. The molecule has 1 fully saturated rings. The highest BCUT2D eigenvalue weighted by molar-refractivity contribution is 5.26. The van der Waals surface area contributed by atoms with Crippen LogP contribution in [0.15, 0.2) is 24.3 Å². The minimum atomic E-state index is 0.857. The molecule has 2 bridgehead atoms. The van der Waals surface area contributed by atoms with Gasteiger partial charge in [-0.25, -0.2) is 0 Å². The van der Waals surface area contributed by atoms with Crippen molar-refractivity contribution in [2.75, 3.05) is 0 Å². The Balaban J connectivity index is 1.69. The Morgan fingerprint density at radius 3 is 1.82 bits per heavy atom. The average Bonchev–Trinajstić information content (AvgIpc) is 2.56. The molecule has 0 saturated heterocycles. The lowest BCUT2D eigenvalue weighted by atomic mass is 9.73. The van der Waals surface area contributed by atoms with Crippen LogP contribution in [0.5, 0.6) is 0 Å². The van der Waals surface area contributed by atoms with E-state index in [2.05, 4.69) is 24.3 Å². The summed E-state index contributed by atoms with van der Waals surface area (Å²) in [4.78, 5) is 0. The van der Waals surface area contributed by atoms with Crippen molar-refractivity contribution in [3.63, 3.8) is 0 Å². The molecule has 22 heavy (non-hydrogen) atoms. The summed E-state index contributed by atoms with van der Waals surface area (Å²) in [6.45, 7) is 0. The SMILES string of the molecule is c1cc2ccc1CCCCCCCCCCC1CCCCC21. The van der Waals surface area contributed by atoms with Crippen LogP contribution in [0.3, 0.4) is 0 Å². The fraction of sp³-hybridized carbons (Fsp3) is 0.727. The maximum absolute atomic E-state index is 2.46. The second-order valence-electron chi connectivity index (χ2n) is 7.76. The van der Waals surface area contributed by atoms with Crippen LogP contribution in [0.4, 0.5) is 0 Å². The van der Waals surface area contributed by atoms with Crippen LogP contribution in [0.1, 0.15) is 101 Å². The van der Waals surface area contributed by atoms with Gasteiger partial charge >= 0.3 is 0 Å². The monoisotopic (exact) mass is 298 g/mol. The highest BCUT2D eigenvalue weighted by Gasteiger charge is 2.25. The fourth-order valence-electron chi connectivity index (χ4n) is 4.72. The van der Waals surface area contributed by atoms with E-state index in [4.69, 9.17) is 0 Å². The molecule has 2 atom stereocenters. The molecule has 2 unspecified atom stereocenters. The smallest absolute Gasteiger partial charge is 0.0134 e. The second kappa shape index (κ2) is 8.75. The van der Waals surface area contributed by atoms with E-state index in [1.807, 2.05) is 0 Å². The summed E-state index contributed by atoms with van der Waals surface area (Å²) in [6.07, 6.45) is 20.2. The number of benzene rings is 1. The molecule has 0 nitrogen and oxygen atoms in total. The third kappa shape index (κ3) is 4.61. The van der Waals surface area contributed by atoms with Gasteiger partial charge in [-0.05, 0) is 55.1 Å². The van der Waals surface area contributed by atoms with Gasteiger partial charge in [0, 0.05) is 0 Å². The van der Waals surface area contributed by atoms with Gasteiger partial charge in [-0.3, -0.25) is 0 Å². The van der Waals surface area contributed by atoms with Crippen LogP contribution in [0.25, 0.3) is 0 Å². The lowest BCUT2D eigenvalue weighted by Crippen LogP contribution is -2.18. The molecule has 1 aromatic rings. The number of fused-ring (bicyclic) bond motifs is 11. The molecule has 3 aliphatic carbocycles. The molecule has 0 spiro atoms. The lowest BCUT2D eigenvalue weighted by Gasteiger charge is -2.32. The highest BCUT2D eigenvalue weighted by Crippen LogP contribution is 2.40. The maximum atomic E-state index is 2.46. The second-order valence-corrected chi connectivity index (χ2v) is 7.76. The van der Waals surface area contributed by atoms with Gasteiger partial charge in [0.1, 0.15) is 0 Å². The highest BCUT2D eigenvalue weighted by atomic mass is 14.3. The van der Waals surface area contributed by atoms with Gasteiger partial charge in [-0.2, -0.15) is 0 Å². The van der Waals surface area contributed by atoms with E-state index in [-0.39, 0.29) is 0 Å². The van der Waals surface area contributed by atoms with Gasteiger partial charge in [0.2, 0.25) is 0 Å². The summed E-state index contributed by atoms with van der Waals surface area (Å²) < 4.78 is 0. The van der Waals surface area contributed by atoms with Crippen LogP contribution in [-0.4, -0.2) is 0 Å². The molecular weight excluding hydrogens is 264 g/mol. The first-order chi connectivity index (χ1) is 10.9. The predicted molar refractivity (Wildman–Crippen MR) is 96.4 cm³/mol. The molecule has 0 N–H and O–H groups in total. The van der Waals surface area contributed by atoms with Gasteiger partial charge in [-0.1, -0.05) is 82.1 Å². The Bertz CT molecular complexity index is 416. The van der Waals surface area contributed by atoms with Crippen molar-refractivity contribution in [1.82, 2.24) is 0 Å². The molecule has 0 heteroatoms. The molecule has 1 aromatic carbocycles. The molecule has 0 aromatic heterocycles. The van der Waals surface area contributed by atoms with Gasteiger partial charge in [0.05, 0.1) is 0 Å². The largest absolute Gasteiger partial charge is 0.0588 e. The third-order valence-corrected chi connectivity index (χ3v) is 6.11. The van der Waals surface area contributed by atoms with Gasteiger partial charge in [0.15, 0.2) is 0 Å². The van der Waals surface area contributed by atoms with Crippen molar-refractivity contribution in [1.29, 1.82) is 0 Å². The van der Waals surface area contributed by atoms with Crippen molar-refractivity contribution < 1.29 is 0 Å². The summed E-state index contributed by atoms with van der Waals surface area (Å²) in [5.74, 6) is 1.82. The molecule has 1 saturated carbocycles. The van der Waals surface area contributed by atoms with E-state index < -0.39 is 0 Å². The zero-order valence-corrected chi connectivity index (χ0v) is 14.4. The molecule has 122 valence electrons.